The summed E-state index contributed by atoms with van der Waals surface area (Å²) in [6.45, 7) is 12.9. The average molecular weight is 538 g/mol. The Labute approximate surface area is 225 Å². The molecule has 1 aromatic carbocycles. The van der Waals surface area contributed by atoms with E-state index >= 15 is 0 Å². The largest absolute Gasteiger partial charge is 0.508 e. The highest BCUT2D eigenvalue weighted by Gasteiger charge is 2.23. The predicted molar refractivity (Wildman–Crippen MR) is 141 cm³/mol. The predicted octanol–water partition coefficient (Wildman–Crippen LogP) is 4.59. The van der Waals surface area contributed by atoms with Crippen molar-refractivity contribution in [2.24, 2.45) is 23.5 Å². The summed E-state index contributed by atoms with van der Waals surface area (Å²) >= 11 is 0. The van der Waals surface area contributed by atoms with Crippen molar-refractivity contribution in [1.82, 2.24) is 0 Å². The van der Waals surface area contributed by atoms with Crippen LogP contribution in [-0.2, 0) is 35.0 Å². The molecule has 2 unspecified atom stereocenters. The molecular weight excluding hydrogens is 494 g/mol. The van der Waals surface area contributed by atoms with E-state index < -0.39 is 36.2 Å². The number of hydrogen-bond donors (Lipinski definition) is 1. The van der Waals surface area contributed by atoms with Gasteiger partial charge in [0.1, 0.15) is 18.8 Å². The molecule has 0 amide bonds. The van der Waals surface area contributed by atoms with E-state index in [1.165, 1.54) is 12.1 Å². The molecule has 0 aliphatic heterocycles. The molecule has 0 aliphatic rings. The van der Waals surface area contributed by atoms with Crippen LogP contribution >= 0.6 is 0 Å². The van der Waals surface area contributed by atoms with Crippen molar-refractivity contribution < 1.29 is 42.9 Å². The lowest BCUT2D eigenvalue weighted by atomic mass is 10.1. The zero-order valence-electron chi connectivity index (χ0n) is 23.6. The third-order valence-electron chi connectivity index (χ3n) is 5.89. The van der Waals surface area contributed by atoms with Gasteiger partial charge in [0.05, 0.1) is 18.4 Å². The molecule has 10 nitrogen and oxygen atoms in total. The van der Waals surface area contributed by atoms with Gasteiger partial charge in [0.2, 0.25) is 0 Å². The first-order valence-corrected chi connectivity index (χ1v) is 13.2. The molecule has 0 saturated heterocycles. The smallest absolute Gasteiger partial charge is 0.458 e. The Kier molecular flexibility index (Phi) is 14.4. The Morgan fingerprint density at radius 1 is 0.816 bits per heavy atom. The Balaban J connectivity index is 2.80. The van der Waals surface area contributed by atoms with Crippen LogP contribution < -0.4 is 15.2 Å². The molecule has 38 heavy (non-hydrogen) atoms. The molecule has 1 aromatic rings. The Morgan fingerprint density at radius 2 is 1.39 bits per heavy atom. The Morgan fingerprint density at radius 3 is 1.95 bits per heavy atom. The second-order valence-corrected chi connectivity index (χ2v) is 9.89. The monoisotopic (exact) mass is 537 g/mol. The normalized spacial score (nSPS) is 14.1. The van der Waals surface area contributed by atoms with Crippen LogP contribution in [0, 0.1) is 17.8 Å². The standard InChI is InChI=1S/C28H43NO9/c1-8-18(5)25(30)37-23-11-10-21(15-24(23)38-26(31)19(6)9-2)14-22(29)27(32)36-20(7)16-35-28(33)34-13-12-17(3)4/h10-11,15,17-20,22H,8-9,12-14,16,29H2,1-7H3/t18?,19?,20-,22-/m0/s1. The third kappa shape index (κ3) is 11.9. The second kappa shape index (κ2) is 16.7. The van der Waals surface area contributed by atoms with E-state index in [0.29, 0.717) is 30.7 Å². The number of rotatable bonds is 15. The molecule has 0 spiro atoms. The lowest BCUT2D eigenvalue weighted by Gasteiger charge is -2.18. The highest BCUT2D eigenvalue weighted by atomic mass is 16.7. The quantitative estimate of drug-likeness (QED) is 0.249. The molecule has 0 radical (unpaired) electrons. The number of hydrogen-bond acceptors (Lipinski definition) is 10. The summed E-state index contributed by atoms with van der Waals surface area (Å²) in [5, 5.41) is 0. The number of nitrogens with two attached hydrogens (primary N) is 1. The molecule has 0 aliphatic carbocycles. The van der Waals surface area contributed by atoms with Gasteiger partial charge in [0.25, 0.3) is 0 Å². The molecule has 0 saturated carbocycles. The van der Waals surface area contributed by atoms with E-state index in [2.05, 4.69) is 0 Å². The average Bonchev–Trinajstić information content (AvgIpc) is 2.87. The van der Waals surface area contributed by atoms with E-state index in [9.17, 15) is 19.2 Å². The van der Waals surface area contributed by atoms with Crippen molar-refractivity contribution in [3.63, 3.8) is 0 Å². The van der Waals surface area contributed by atoms with Crippen molar-refractivity contribution in [2.75, 3.05) is 13.2 Å². The molecule has 0 aromatic heterocycles. The third-order valence-corrected chi connectivity index (χ3v) is 5.89. The molecular formula is C28H43NO9. The van der Waals surface area contributed by atoms with Gasteiger partial charge in [-0.1, -0.05) is 47.6 Å². The number of benzene rings is 1. The summed E-state index contributed by atoms with van der Waals surface area (Å²) in [7, 11) is 0. The van der Waals surface area contributed by atoms with Crippen LogP contribution in [0.3, 0.4) is 0 Å². The van der Waals surface area contributed by atoms with Crippen LogP contribution in [0.15, 0.2) is 18.2 Å². The van der Waals surface area contributed by atoms with Gasteiger partial charge < -0.3 is 29.4 Å². The molecule has 2 N–H and O–H groups in total. The Bertz CT molecular complexity index is 931. The zero-order chi connectivity index (χ0) is 28.8. The van der Waals surface area contributed by atoms with Crippen molar-refractivity contribution in [3.8, 4) is 11.5 Å². The van der Waals surface area contributed by atoms with Crippen LogP contribution in [0.2, 0.25) is 0 Å². The molecule has 4 atom stereocenters. The summed E-state index contributed by atoms with van der Waals surface area (Å²) in [6, 6.07) is 3.62. The van der Waals surface area contributed by atoms with Crippen LogP contribution in [0.5, 0.6) is 11.5 Å². The topological polar surface area (TPSA) is 140 Å². The van der Waals surface area contributed by atoms with E-state index in [1.807, 2.05) is 27.7 Å². The fraction of sp³-hybridized carbons (Fsp3) is 0.643. The van der Waals surface area contributed by atoms with E-state index in [-0.39, 0.29) is 43.0 Å². The fourth-order valence-electron chi connectivity index (χ4n) is 2.86. The lowest BCUT2D eigenvalue weighted by Crippen LogP contribution is -2.37. The summed E-state index contributed by atoms with van der Waals surface area (Å²) in [5.74, 6) is -1.72. The first-order chi connectivity index (χ1) is 17.9. The van der Waals surface area contributed by atoms with Gasteiger partial charge in [-0.25, -0.2) is 4.79 Å². The minimum absolute atomic E-state index is 0.0666. The summed E-state index contributed by atoms with van der Waals surface area (Å²) in [5.41, 5.74) is 6.62. The molecule has 0 heterocycles. The van der Waals surface area contributed by atoms with Crippen LogP contribution in [0.4, 0.5) is 4.79 Å². The first kappa shape index (κ1) is 32.9. The van der Waals surface area contributed by atoms with E-state index in [1.54, 1.807) is 26.8 Å². The lowest BCUT2D eigenvalue weighted by molar-refractivity contribution is -0.152. The SMILES string of the molecule is CCC(C)C(=O)Oc1ccc(C[C@H](N)C(=O)O[C@@H](C)COC(=O)OCCC(C)C)cc1OC(=O)C(C)CC. The first-order valence-electron chi connectivity index (χ1n) is 13.2. The molecule has 0 bridgehead atoms. The summed E-state index contributed by atoms with van der Waals surface area (Å²) in [4.78, 5) is 48.9. The van der Waals surface area contributed by atoms with Gasteiger partial charge in [-0.15, -0.1) is 0 Å². The molecule has 214 valence electrons. The maximum absolute atomic E-state index is 12.5. The molecule has 0 fully saturated rings. The molecule has 10 heteroatoms. The van der Waals surface area contributed by atoms with Crippen LogP contribution in [-0.4, -0.2) is 49.4 Å². The highest BCUT2D eigenvalue weighted by molar-refractivity contribution is 5.79. The molecule has 1 rings (SSSR count). The van der Waals surface area contributed by atoms with Crippen LogP contribution in [0.25, 0.3) is 0 Å². The van der Waals surface area contributed by atoms with Gasteiger partial charge >= 0.3 is 24.1 Å². The van der Waals surface area contributed by atoms with Gasteiger partial charge in [0.15, 0.2) is 11.5 Å². The van der Waals surface area contributed by atoms with Crippen LogP contribution in [0.1, 0.15) is 73.3 Å². The maximum atomic E-state index is 12.5. The van der Waals surface area contributed by atoms with Crippen molar-refractivity contribution >= 4 is 24.1 Å². The van der Waals surface area contributed by atoms with Gasteiger partial charge in [-0.2, -0.15) is 0 Å². The maximum Gasteiger partial charge on any atom is 0.508 e. The van der Waals surface area contributed by atoms with Gasteiger partial charge in [-0.05, 0) is 56.2 Å². The highest BCUT2D eigenvalue weighted by Crippen LogP contribution is 2.31. The summed E-state index contributed by atoms with van der Waals surface area (Å²) < 4.78 is 26.2. The van der Waals surface area contributed by atoms with E-state index in [0.717, 1.165) is 0 Å². The number of carbonyl (C=O) groups is 4. The van der Waals surface area contributed by atoms with Gasteiger partial charge in [0, 0.05) is 0 Å². The Hall–Kier alpha value is -3.14. The summed E-state index contributed by atoms with van der Waals surface area (Å²) in [6.07, 6.45) is 0.394. The number of esters is 3. The van der Waals surface area contributed by atoms with Crippen molar-refractivity contribution in [1.29, 1.82) is 0 Å². The minimum atomic E-state index is -1.04. The minimum Gasteiger partial charge on any atom is -0.458 e. The second-order valence-electron chi connectivity index (χ2n) is 9.89. The number of carbonyl (C=O) groups excluding carboxylic acids is 4. The van der Waals surface area contributed by atoms with Crippen molar-refractivity contribution in [3.05, 3.63) is 23.8 Å². The van der Waals surface area contributed by atoms with Gasteiger partial charge in [-0.3, -0.25) is 14.4 Å². The van der Waals surface area contributed by atoms with Crippen molar-refractivity contribution in [2.45, 2.75) is 86.3 Å². The fourth-order valence-corrected chi connectivity index (χ4v) is 2.86. The van der Waals surface area contributed by atoms with E-state index in [4.69, 9.17) is 29.4 Å². The number of ether oxygens (including phenoxy) is 5. The zero-order valence-corrected chi connectivity index (χ0v) is 23.6.